The fraction of sp³-hybridized carbons (Fsp3) is 0.278. The molecule has 0 aliphatic rings. The number of ether oxygens (including phenoxy) is 1. The van der Waals surface area contributed by atoms with Crippen molar-refractivity contribution in [2.75, 3.05) is 6.54 Å². The van der Waals surface area contributed by atoms with Crippen LogP contribution in [-0.2, 0) is 11.2 Å². The molecule has 4 heteroatoms. The van der Waals surface area contributed by atoms with Crippen molar-refractivity contribution in [3.05, 3.63) is 64.7 Å². The van der Waals surface area contributed by atoms with Gasteiger partial charge in [0.05, 0.1) is 0 Å². The number of halogens is 1. The van der Waals surface area contributed by atoms with E-state index in [9.17, 15) is 4.79 Å². The zero-order chi connectivity index (χ0) is 15.9. The van der Waals surface area contributed by atoms with Crippen LogP contribution in [-0.4, -0.2) is 18.6 Å². The van der Waals surface area contributed by atoms with E-state index in [4.69, 9.17) is 16.3 Å². The van der Waals surface area contributed by atoms with Gasteiger partial charge in [0.2, 0.25) is 0 Å². The van der Waals surface area contributed by atoms with Crippen LogP contribution < -0.4 is 10.1 Å². The largest absolute Gasteiger partial charge is 0.481 e. The van der Waals surface area contributed by atoms with Gasteiger partial charge in [0.15, 0.2) is 6.10 Å². The Bertz CT molecular complexity index is 642. The molecule has 1 unspecified atom stereocenters. The molecule has 0 bridgehead atoms. The predicted molar refractivity (Wildman–Crippen MR) is 89.4 cm³/mol. The van der Waals surface area contributed by atoms with Crippen molar-refractivity contribution in [1.82, 2.24) is 5.32 Å². The van der Waals surface area contributed by atoms with E-state index in [1.807, 2.05) is 55.5 Å². The van der Waals surface area contributed by atoms with Crippen LogP contribution in [0.4, 0.5) is 0 Å². The molecule has 0 aromatic heterocycles. The monoisotopic (exact) mass is 317 g/mol. The molecule has 0 aliphatic heterocycles. The minimum Gasteiger partial charge on any atom is -0.481 e. The Morgan fingerprint density at radius 1 is 1.23 bits per heavy atom. The van der Waals surface area contributed by atoms with E-state index >= 15 is 0 Å². The van der Waals surface area contributed by atoms with Gasteiger partial charge in [-0.2, -0.15) is 0 Å². The fourth-order valence-corrected chi connectivity index (χ4v) is 2.33. The maximum absolute atomic E-state index is 12.0. The van der Waals surface area contributed by atoms with Crippen molar-refractivity contribution in [2.24, 2.45) is 0 Å². The molecule has 0 saturated carbocycles. The Balaban J connectivity index is 1.79. The topological polar surface area (TPSA) is 38.3 Å². The number of aryl methyl sites for hydroxylation is 1. The standard InChI is InChI=1S/C18H20ClNO2/c1-13-5-3-8-17(11-13)22-14(2)18(21)20-10-9-15-6-4-7-16(19)12-15/h3-8,11-12,14H,9-10H2,1-2H3,(H,20,21). The third-order valence-electron chi connectivity index (χ3n) is 3.27. The minimum absolute atomic E-state index is 0.122. The number of carbonyl (C=O) groups is 1. The normalized spacial score (nSPS) is 11.8. The number of rotatable bonds is 6. The summed E-state index contributed by atoms with van der Waals surface area (Å²) >= 11 is 5.93. The number of hydrogen-bond acceptors (Lipinski definition) is 2. The van der Waals surface area contributed by atoms with Crippen molar-refractivity contribution >= 4 is 17.5 Å². The molecule has 0 fully saturated rings. The van der Waals surface area contributed by atoms with Gasteiger partial charge in [-0.05, 0) is 55.7 Å². The summed E-state index contributed by atoms with van der Waals surface area (Å²) in [6, 6.07) is 15.3. The first-order valence-corrected chi connectivity index (χ1v) is 7.68. The van der Waals surface area contributed by atoms with Crippen LogP contribution in [0.15, 0.2) is 48.5 Å². The Hall–Kier alpha value is -2.00. The van der Waals surface area contributed by atoms with Gasteiger partial charge in [-0.15, -0.1) is 0 Å². The molecular formula is C18H20ClNO2. The van der Waals surface area contributed by atoms with Gasteiger partial charge >= 0.3 is 0 Å². The van der Waals surface area contributed by atoms with Crippen LogP contribution in [0, 0.1) is 6.92 Å². The van der Waals surface area contributed by atoms with Gasteiger partial charge in [-0.25, -0.2) is 0 Å². The molecule has 3 nitrogen and oxygen atoms in total. The SMILES string of the molecule is Cc1cccc(OC(C)C(=O)NCCc2cccc(Cl)c2)c1. The average molecular weight is 318 g/mol. The van der Waals surface area contributed by atoms with Crippen molar-refractivity contribution in [3.8, 4) is 5.75 Å². The van der Waals surface area contributed by atoms with Crippen LogP contribution in [0.25, 0.3) is 0 Å². The van der Waals surface area contributed by atoms with E-state index in [1.165, 1.54) is 0 Å². The lowest BCUT2D eigenvalue weighted by atomic mass is 10.1. The number of carbonyl (C=O) groups excluding carboxylic acids is 1. The molecule has 1 N–H and O–H groups in total. The van der Waals surface area contributed by atoms with E-state index in [0.717, 1.165) is 17.5 Å². The first-order valence-electron chi connectivity index (χ1n) is 7.30. The molecule has 0 heterocycles. The van der Waals surface area contributed by atoms with Crippen LogP contribution in [0.1, 0.15) is 18.1 Å². The lowest BCUT2D eigenvalue weighted by Gasteiger charge is -2.15. The predicted octanol–water partition coefficient (Wildman–Crippen LogP) is 3.77. The molecule has 2 rings (SSSR count). The summed E-state index contributed by atoms with van der Waals surface area (Å²) in [6.45, 7) is 4.29. The Morgan fingerprint density at radius 3 is 2.73 bits per heavy atom. The molecule has 22 heavy (non-hydrogen) atoms. The lowest BCUT2D eigenvalue weighted by Crippen LogP contribution is -2.37. The second-order valence-electron chi connectivity index (χ2n) is 5.25. The maximum Gasteiger partial charge on any atom is 0.260 e. The van der Waals surface area contributed by atoms with Gasteiger partial charge in [0, 0.05) is 11.6 Å². The summed E-state index contributed by atoms with van der Waals surface area (Å²) < 4.78 is 5.65. The maximum atomic E-state index is 12.0. The number of benzene rings is 2. The van der Waals surface area contributed by atoms with Crippen LogP contribution in [0.2, 0.25) is 5.02 Å². The first kappa shape index (κ1) is 16.4. The highest BCUT2D eigenvalue weighted by Gasteiger charge is 2.13. The van der Waals surface area contributed by atoms with Gasteiger partial charge in [0.1, 0.15) is 5.75 Å². The number of amides is 1. The summed E-state index contributed by atoms with van der Waals surface area (Å²) in [7, 11) is 0. The van der Waals surface area contributed by atoms with Crippen molar-refractivity contribution < 1.29 is 9.53 Å². The van der Waals surface area contributed by atoms with Crippen LogP contribution in [0.3, 0.4) is 0 Å². The second kappa shape index (κ2) is 7.85. The average Bonchev–Trinajstić information content (AvgIpc) is 2.47. The van der Waals surface area contributed by atoms with Gasteiger partial charge < -0.3 is 10.1 Å². The summed E-state index contributed by atoms with van der Waals surface area (Å²) in [6.07, 6.45) is 0.213. The highest BCUT2D eigenvalue weighted by Crippen LogP contribution is 2.14. The quantitative estimate of drug-likeness (QED) is 0.880. The van der Waals surface area contributed by atoms with Gasteiger partial charge in [-0.3, -0.25) is 4.79 Å². The smallest absolute Gasteiger partial charge is 0.260 e. The summed E-state index contributed by atoms with van der Waals surface area (Å²) in [5, 5.41) is 3.59. The molecule has 1 amide bonds. The Labute approximate surface area is 136 Å². The molecule has 2 aromatic carbocycles. The van der Waals surface area contributed by atoms with E-state index in [1.54, 1.807) is 6.92 Å². The Kier molecular flexibility index (Phi) is 5.84. The first-order chi connectivity index (χ1) is 10.5. The highest BCUT2D eigenvalue weighted by molar-refractivity contribution is 6.30. The van der Waals surface area contributed by atoms with Crippen molar-refractivity contribution in [3.63, 3.8) is 0 Å². The van der Waals surface area contributed by atoms with Gasteiger partial charge in [-0.1, -0.05) is 35.9 Å². The summed E-state index contributed by atoms with van der Waals surface area (Å²) in [5.74, 6) is 0.584. The van der Waals surface area contributed by atoms with Crippen molar-refractivity contribution in [2.45, 2.75) is 26.4 Å². The summed E-state index contributed by atoms with van der Waals surface area (Å²) in [4.78, 5) is 12.0. The zero-order valence-corrected chi connectivity index (χ0v) is 13.6. The van der Waals surface area contributed by atoms with Crippen molar-refractivity contribution in [1.29, 1.82) is 0 Å². The molecule has 2 aromatic rings. The molecule has 0 radical (unpaired) electrons. The molecule has 0 saturated heterocycles. The molecule has 1 atom stereocenters. The molecule has 0 aliphatic carbocycles. The Morgan fingerprint density at radius 2 is 2.00 bits per heavy atom. The third-order valence-corrected chi connectivity index (χ3v) is 3.51. The molecule has 116 valence electrons. The number of hydrogen-bond donors (Lipinski definition) is 1. The van der Waals surface area contributed by atoms with E-state index in [-0.39, 0.29) is 5.91 Å². The van der Waals surface area contributed by atoms with Gasteiger partial charge in [0.25, 0.3) is 5.91 Å². The van der Waals surface area contributed by atoms with E-state index < -0.39 is 6.10 Å². The summed E-state index contributed by atoms with van der Waals surface area (Å²) in [5.41, 5.74) is 2.20. The zero-order valence-electron chi connectivity index (χ0n) is 12.8. The van der Waals surface area contributed by atoms with E-state index in [2.05, 4.69) is 5.32 Å². The highest BCUT2D eigenvalue weighted by atomic mass is 35.5. The van der Waals surface area contributed by atoms with Crippen LogP contribution >= 0.6 is 11.6 Å². The fourth-order valence-electron chi connectivity index (χ4n) is 2.11. The second-order valence-corrected chi connectivity index (χ2v) is 5.68. The van der Waals surface area contributed by atoms with E-state index in [0.29, 0.717) is 17.3 Å². The minimum atomic E-state index is -0.527. The number of nitrogens with one attached hydrogen (secondary N) is 1. The molecule has 0 spiro atoms. The van der Waals surface area contributed by atoms with Crippen LogP contribution in [0.5, 0.6) is 5.75 Å². The lowest BCUT2D eigenvalue weighted by molar-refractivity contribution is -0.127. The third kappa shape index (κ3) is 5.08. The molecular weight excluding hydrogens is 298 g/mol.